The molecule has 0 spiro atoms. The first-order valence-corrected chi connectivity index (χ1v) is 13.4. The number of hydrogen-bond acceptors (Lipinski definition) is 8. The van der Waals surface area contributed by atoms with E-state index in [0.29, 0.717) is 0 Å². The average molecular weight is 544 g/mol. The van der Waals surface area contributed by atoms with Crippen LogP contribution in [0.4, 0.5) is 11.4 Å². The molecule has 7 nitrogen and oxygen atoms in total. The highest BCUT2D eigenvalue weighted by atomic mass is 32.2. The van der Waals surface area contributed by atoms with Crippen LogP contribution in [0.5, 0.6) is 0 Å². The number of thioether (sulfide) groups is 1. The standard InChI is InChI=1S/C31H41N7S/c1-21(2)37-24(5)39-31(6,30(20-33)38(8)34)26-12-15-29(35-7)28(19-26)23(4)22(3)18-25-10-13-27(14-11-25)36-17-9-16-32/h9-17,19-20,32,36H,1,7,18,33-34H2,2-6,8H3/b17-9-,23-22+,30-20-,32-16?,37-24-. The summed E-state index contributed by atoms with van der Waals surface area (Å²) in [5.41, 5.74) is 14.9. The number of nitrogens with one attached hydrogen (secondary N) is 2. The van der Waals surface area contributed by atoms with E-state index in [4.69, 9.17) is 17.0 Å². The lowest BCUT2D eigenvalue weighted by atomic mass is 9.90. The lowest BCUT2D eigenvalue weighted by molar-refractivity contribution is 0.397. The van der Waals surface area contributed by atoms with Crippen molar-refractivity contribution in [1.29, 1.82) is 5.41 Å². The quantitative estimate of drug-likeness (QED) is 0.0983. The van der Waals surface area contributed by atoms with Gasteiger partial charge in [0.15, 0.2) is 0 Å². The third-order valence-electron chi connectivity index (χ3n) is 6.35. The fourth-order valence-electron chi connectivity index (χ4n) is 4.31. The number of likely N-dealkylation sites (N-methyl/N-ethyl adjacent to an activating group) is 1. The summed E-state index contributed by atoms with van der Waals surface area (Å²) in [6.07, 6.45) is 6.95. The highest BCUT2D eigenvalue weighted by molar-refractivity contribution is 8.14. The molecule has 2 rings (SSSR count). The maximum atomic E-state index is 7.08. The Morgan fingerprint density at radius 1 is 1.15 bits per heavy atom. The number of aliphatic imine (C=N–C) groups is 2. The van der Waals surface area contributed by atoms with E-state index in [1.807, 2.05) is 38.1 Å². The highest BCUT2D eigenvalue weighted by Gasteiger charge is 2.35. The van der Waals surface area contributed by atoms with Gasteiger partial charge in [-0.3, -0.25) is 9.98 Å². The summed E-state index contributed by atoms with van der Waals surface area (Å²) >= 11 is 1.58. The van der Waals surface area contributed by atoms with E-state index in [9.17, 15) is 0 Å². The van der Waals surface area contributed by atoms with E-state index in [1.165, 1.54) is 17.4 Å². The number of nitrogens with two attached hydrogens (primary N) is 2. The summed E-state index contributed by atoms with van der Waals surface area (Å²) in [5, 5.41) is 12.6. The van der Waals surface area contributed by atoms with Gasteiger partial charge in [-0.25, -0.2) is 5.84 Å². The molecule has 8 heteroatoms. The van der Waals surface area contributed by atoms with Crippen LogP contribution in [0.15, 0.2) is 94.5 Å². The molecule has 0 amide bonds. The fourth-order valence-corrected chi connectivity index (χ4v) is 5.66. The molecule has 6 N–H and O–H groups in total. The van der Waals surface area contributed by atoms with Crippen molar-refractivity contribution in [2.24, 2.45) is 21.6 Å². The van der Waals surface area contributed by atoms with E-state index in [-0.39, 0.29) is 0 Å². The molecule has 206 valence electrons. The van der Waals surface area contributed by atoms with Gasteiger partial charge in [-0.05, 0) is 94.8 Å². The van der Waals surface area contributed by atoms with Gasteiger partial charge >= 0.3 is 0 Å². The van der Waals surface area contributed by atoms with Crippen molar-refractivity contribution in [1.82, 2.24) is 5.01 Å². The van der Waals surface area contributed by atoms with Gasteiger partial charge in [0.1, 0.15) is 0 Å². The van der Waals surface area contributed by atoms with Crippen LogP contribution in [0.3, 0.4) is 0 Å². The molecule has 0 saturated carbocycles. The molecule has 2 aromatic carbocycles. The number of hydrazine groups is 1. The lowest BCUT2D eigenvalue weighted by Crippen LogP contribution is -2.37. The molecule has 0 fully saturated rings. The van der Waals surface area contributed by atoms with E-state index >= 15 is 0 Å². The summed E-state index contributed by atoms with van der Waals surface area (Å²) in [6.45, 7) is 17.9. The van der Waals surface area contributed by atoms with Crippen LogP contribution in [0.2, 0.25) is 0 Å². The topological polar surface area (TPSA) is 116 Å². The predicted molar refractivity (Wildman–Crippen MR) is 173 cm³/mol. The molecule has 0 aliphatic carbocycles. The van der Waals surface area contributed by atoms with E-state index < -0.39 is 4.75 Å². The zero-order chi connectivity index (χ0) is 29.2. The molecule has 0 aromatic heterocycles. The van der Waals surface area contributed by atoms with Gasteiger partial charge in [0.2, 0.25) is 0 Å². The van der Waals surface area contributed by atoms with Crippen molar-refractivity contribution in [3.05, 3.63) is 101 Å². The summed E-state index contributed by atoms with van der Waals surface area (Å²) in [5.74, 6) is 6.24. The van der Waals surface area contributed by atoms with Crippen LogP contribution in [0.1, 0.15) is 51.3 Å². The third-order valence-corrected chi connectivity index (χ3v) is 7.59. The molecule has 1 unspecified atom stereocenters. The van der Waals surface area contributed by atoms with Crippen LogP contribution in [-0.4, -0.2) is 30.0 Å². The van der Waals surface area contributed by atoms with Crippen molar-refractivity contribution in [3.8, 4) is 0 Å². The van der Waals surface area contributed by atoms with Crippen molar-refractivity contribution in [2.75, 3.05) is 12.4 Å². The van der Waals surface area contributed by atoms with Crippen molar-refractivity contribution in [3.63, 3.8) is 0 Å². The van der Waals surface area contributed by atoms with Crippen LogP contribution in [0, 0.1) is 5.41 Å². The normalized spacial score (nSPS) is 14.4. The number of benzene rings is 2. The monoisotopic (exact) mass is 543 g/mol. The van der Waals surface area contributed by atoms with Gasteiger partial charge < -0.3 is 21.5 Å². The van der Waals surface area contributed by atoms with E-state index in [1.54, 1.807) is 42.3 Å². The minimum atomic E-state index is -0.626. The van der Waals surface area contributed by atoms with Gasteiger partial charge in [-0.15, -0.1) is 0 Å². The summed E-state index contributed by atoms with van der Waals surface area (Å²) in [7, 11) is 1.78. The Bertz CT molecular complexity index is 1320. The smallest absolute Gasteiger partial charge is 0.0864 e. The maximum absolute atomic E-state index is 7.08. The minimum Gasteiger partial charge on any atom is -0.403 e. The van der Waals surface area contributed by atoms with Gasteiger partial charge in [0.05, 0.1) is 21.2 Å². The number of anilines is 1. The molecule has 39 heavy (non-hydrogen) atoms. The summed E-state index contributed by atoms with van der Waals surface area (Å²) < 4.78 is -0.626. The van der Waals surface area contributed by atoms with Gasteiger partial charge in [-0.2, -0.15) is 0 Å². The average Bonchev–Trinajstić information content (AvgIpc) is 2.88. The van der Waals surface area contributed by atoms with Crippen molar-refractivity contribution in [2.45, 2.75) is 45.8 Å². The molecule has 0 radical (unpaired) electrons. The number of rotatable bonds is 12. The largest absolute Gasteiger partial charge is 0.403 e. The maximum Gasteiger partial charge on any atom is 0.0864 e. The first-order chi connectivity index (χ1) is 18.5. The van der Waals surface area contributed by atoms with Crippen LogP contribution >= 0.6 is 11.8 Å². The van der Waals surface area contributed by atoms with E-state index in [0.717, 1.165) is 50.9 Å². The second kappa shape index (κ2) is 14.3. The Balaban J connectivity index is 2.55. The van der Waals surface area contributed by atoms with Gasteiger partial charge in [-0.1, -0.05) is 42.1 Å². The SMILES string of the molecule is C=Nc1ccc(C(C)(S/C(C)=N\C(=C)C)/C(=C/N)N(C)N)cc1/C(C)=C(\C)Cc1ccc(N/C=C\C=N)cc1. The Labute approximate surface area is 237 Å². The molecule has 0 saturated heterocycles. The Morgan fingerprint density at radius 2 is 1.82 bits per heavy atom. The minimum absolute atomic E-state index is 0.626. The second-order valence-electron chi connectivity index (χ2n) is 9.50. The predicted octanol–water partition coefficient (Wildman–Crippen LogP) is 7.14. The third kappa shape index (κ3) is 8.30. The molecule has 0 heterocycles. The van der Waals surface area contributed by atoms with Gasteiger partial charge in [0.25, 0.3) is 0 Å². The first kappa shape index (κ1) is 31.3. The molecule has 0 bridgehead atoms. The van der Waals surface area contributed by atoms with Crippen LogP contribution < -0.4 is 16.9 Å². The Hall–Kier alpha value is -3.88. The van der Waals surface area contributed by atoms with Crippen LogP contribution in [-0.2, 0) is 11.2 Å². The molecule has 1 atom stereocenters. The summed E-state index contributed by atoms with van der Waals surface area (Å²) in [6, 6.07) is 14.5. The fraction of sp³-hybridized carbons (Fsp3) is 0.258. The number of nitrogens with zero attached hydrogens (tertiary/aromatic N) is 3. The summed E-state index contributed by atoms with van der Waals surface area (Å²) in [4.78, 5) is 8.88. The zero-order valence-corrected chi connectivity index (χ0v) is 24.7. The molecule has 2 aromatic rings. The molecule has 0 aliphatic rings. The second-order valence-corrected chi connectivity index (χ2v) is 11.1. The Kier molecular flexibility index (Phi) is 11.5. The molecular weight excluding hydrogens is 502 g/mol. The number of allylic oxidation sites excluding steroid dienone is 4. The highest BCUT2D eigenvalue weighted by Crippen LogP contribution is 2.45. The zero-order valence-electron chi connectivity index (χ0n) is 23.9. The Morgan fingerprint density at radius 3 is 2.36 bits per heavy atom. The van der Waals surface area contributed by atoms with Crippen molar-refractivity contribution >= 4 is 46.7 Å². The van der Waals surface area contributed by atoms with Gasteiger partial charge in [0, 0.05) is 42.6 Å². The molecule has 0 aliphatic heterocycles. The van der Waals surface area contributed by atoms with Crippen molar-refractivity contribution < 1.29 is 0 Å². The number of hydrogen-bond donors (Lipinski definition) is 4. The van der Waals surface area contributed by atoms with Crippen LogP contribution in [0.25, 0.3) is 5.57 Å². The molecular formula is C31H41N7S. The lowest BCUT2D eigenvalue weighted by Gasteiger charge is -2.36. The van der Waals surface area contributed by atoms with E-state index in [2.05, 4.69) is 67.6 Å². The first-order valence-electron chi connectivity index (χ1n) is 12.6.